The van der Waals surface area contributed by atoms with Gasteiger partial charge in [-0.15, -0.1) is 0 Å². The molecular weight excluding hydrogens is 230 g/mol. The van der Waals surface area contributed by atoms with Crippen LogP contribution in [0.5, 0.6) is 0 Å². The van der Waals surface area contributed by atoms with Crippen molar-refractivity contribution in [3.63, 3.8) is 0 Å². The van der Waals surface area contributed by atoms with E-state index >= 15 is 0 Å². The minimum absolute atomic E-state index is 0.0152. The summed E-state index contributed by atoms with van der Waals surface area (Å²) in [5, 5.41) is 0.0472. The Morgan fingerprint density at radius 1 is 1.50 bits per heavy atom. The summed E-state index contributed by atoms with van der Waals surface area (Å²) in [5.41, 5.74) is 0.739. The van der Waals surface area contributed by atoms with Crippen molar-refractivity contribution in [1.82, 2.24) is 0 Å². The Bertz CT molecular complexity index is 388. The van der Waals surface area contributed by atoms with Crippen molar-refractivity contribution in [1.29, 1.82) is 0 Å². The quantitative estimate of drug-likeness (QED) is 0.796. The first-order valence-electron chi connectivity index (χ1n) is 4.77. The molecular formula is C12H12F2OS. The zero-order valence-electron chi connectivity index (χ0n) is 8.82. The Morgan fingerprint density at radius 3 is 2.88 bits per heavy atom. The maximum Gasteiger partial charge on any atom is 0.263 e. The van der Waals surface area contributed by atoms with E-state index in [4.69, 9.17) is 0 Å². The zero-order chi connectivity index (χ0) is 12.0. The van der Waals surface area contributed by atoms with Gasteiger partial charge in [0.1, 0.15) is 0 Å². The van der Waals surface area contributed by atoms with Crippen LogP contribution in [0.15, 0.2) is 30.3 Å². The SMILES string of the molecule is CC(=O)SCC=Cc1cccc(C(F)F)c1. The van der Waals surface area contributed by atoms with Crippen LogP contribution in [0.1, 0.15) is 24.5 Å². The van der Waals surface area contributed by atoms with Crippen molar-refractivity contribution in [2.45, 2.75) is 13.3 Å². The molecule has 1 nitrogen and oxygen atoms in total. The van der Waals surface area contributed by atoms with Crippen molar-refractivity contribution >= 4 is 23.0 Å². The van der Waals surface area contributed by atoms with Crippen LogP contribution in [0, 0.1) is 0 Å². The maximum atomic E-state index is 12.4. The highest BCUT2D eigenvalue weighted by Crippen LogP contribution is 2.20. The molecule has 0 N–H and O–H groups in total. The van der Waals surface area contributed by atoms with Gasteiger partial charge in [-0.3, -0.25) is 4.79 Å². The summed E-state index contributed by atoms with van der Waals surface area (Å²) in [6.45, 7) is 1.50. The van der Waals surface area contributed by atoms with Crippen LogP contribution < -0.4 is 0 Å². The number of rotatable bonds is 4. The molecule has 86 valence electrons. The fourth-order valence-electron chi connectivity index (χ4n) is 1.15. The maximum absolute atomic E-state index is 12.4. The summed E-state index contributed by atoms with van der Waals surface area (Å²) in [5.74, 6) is 0.564. The van der Waals surface area contributed by atoms with Crippen molar-refractivity contribution in [2.24, 2.45) is 0 Å². The smallest absolute Gasteiger partial charge is 0.263 e. The van der Waals surface area contributed by atoms with Gasteiger partial charge in [0, 0.05) is 18.2 Å². The molecule has 0 aliphatic heterocycles. The number of halogens is 2. The molecule has 0 saturated carbocycles. The van der Waals surface area contributed by atoms with Crippen LogP contribution in [-0.2, 0) is 4.79 Å². The van der Waals surface area contributed by atoms with E-state index < -0.39 is 6.43 Å². The molecule has 0 heterocycles. The Labute approximate surface area is 97.5 Å². The Morgan fingerprint density at radius 2 is 2.25 bits per heavy atom. The van der Waals surface area contributed by atoms with Gasteiger partial charge in [-0.1, -0.05) is 42.1 Å². The minimum atomic E-state index is -2.44. The van der Waals surface area contributed by atoms with Crippen molar-refractivity contribution in [3.05, 3.63) is 41.5 Å². The van der Waals surface area contributed by atoms with Gasteiger partial charge >= 0.3 is 0 Å². The van der Waals surface area contributed by atoms with Crippen molar-refractivity contribution < 1.29 is 13.6 Å². The summed E-state index contributed by atoms with van der Waals surface area (Å²) in [7, 11) is 0. The highest BCUT2D eigenvalue weighted by Gasteiger charge is 2.05. The summed E-state index contributed by atoms with van der Waals surface area (Å²) < 4.78 is 24.7. The lowest BCUT2D eigenvalue weighted by Crippen LogP contribution is -1.85. The van der Waals surface area contributed by atoms with Gasteiger partial charge in [-0.25, -0.2) is 8.78 Å². The number of alkyl halides is 2. The first-order valence-corrected chi connectivity index (χ1v) is 5.76. The lowest BCUT2D eigenvalue weighted by Gasteiger charge is -2.00. The molecule has 0 fully saturated rings. The molecule has 1 aromatic rings. The molecule has 0 aromatic heterocycles. The van der Waals surface area contributed by atoms with E-state index in [1.165, 1.54) is 30.8 Å². The van der Waals surface area contributed by atoms with E-state index in [0.29, 0.717) is 5.75 Å². The largest absolute Gasteiger partial charge is 0.288 e. The number of carbonyl (C=O) groups is 1. The predicted molar refractivity (Wildman–Crippen MR) is 63.6 cm³/mol. The van der Waals surface area contributed by atoms with Gasteiger partial charge in [0.25, 0.3) is 6.43 Å². The molecule has 0 aliphatic carbocycles. The number of hydrogen-bond donors (Lipinski definition) is 0. The zero-order valence-corrected chi connectivity index (χ0v) is 9.64. The third-order valence-electron chi connectivity index (χ3n) is 1.86. The third kappa shape index (κ3) is 4.57. The van der Waals surface area contributed by atoms with Gasteiger partial charge in [-0.05, 0) is 11.6 Å². The first kappa shape index (κ1) is 12.9. The topological polar surface area (TPSA) is 17.1 Å². The standard InChI is InChI=1S/C12H12F2OS/c1-9(15)16-7-3-5-10-4-2-6-11(8-10)12(13)14/h2-6,8,12H,7H2,1H3. The molecule has 0 amide bonds. The summed E-state index contributed by atoms with van der Waals surface area (Å²) >= 11 is 1.19. The Hall–Kier alpha value is -1.16. The van der Waals surface area contributed by atoms with Crippen molar-refractivity contribution in [3.8, 4) is 0 Å². The number of benzene rings is 1. The van der Waals surface area contributed by atoms with Crippen LogP contribution >= 0.6 is 11.8 Å². The molecule has 16 heavy (non-hydrogen) atoms. The summed E-state index contributed by atoms with van der Waals surface area (Å²) in [4.78, 5) is 10.6. The van der Waals surface area contributed by atoms with Crippen LogP contribution in [0.2, 0.25) is 0 Å². The molecule has 1 aromatic carbocycles. The number of hydrogen-bond acceptors (Lipinski definition) is 2. The van der Waals surface area contributed by atoms with E-state index in [0.717, 1.165) is 5.56 Å². The van der Waals surface area contributed by atoms with Crippen LogP contribution in [0.3, 0.4) is 0 Å². The predicted octanol–water partition coefficient (Wildman–Crippen LogP) is 3.92. The van der Waals surface area contributed by atoms with Crippen LogP contribution in [0.25, 0.3) is 6.08 Å². The van der Waals surface area contributed by atoms with Gasteiger partial charge in [0.05, 0.1) is 0 Å². The second-order valence-corrected chi connectivity index (χ2v) is 4.37. The highest BCUT2D eigenvalue weighted by atomic mass is 32.2. The fraction of sp³-hybridized carbons (Fsp3) is 0.250. The number of thioether (sulfide) groups is 1. The van der Waals surface area contributed by atoms with E-state index in [1.807, 2.05) is 0 Å². The summed E-state index contributed by atoms with van der Waals surface area (Å²) in [6, 6.07) is 6.19. The second kappa shape index (κ2) is 6.43. The molecule has 0 aliphatic rings. The molecule has 4 heteroatoms. The lowest BCUT2D eigenvalue weighted by atomic mass is 10.1. The molecule has 0 atom stereocenters. The van der Waals surface area contributed by atoms with E-state index in [1.54, 1.807) is 24.3 Å². The van der Waals surface area contributed by atoms with Crippen LogP contribution in [0.4, 0.5) is 8.78 Å². The molecule has 0 unspecified atom stereocenters. The van der Waals surface area contributed by atoms with Gasteiger partial charge in [0.15, 0.2) is 5.12 Å². The Balaban J connectivity index is 2.59. The lowest BCUT2D eigenvalue weighted by molar-refractivity contribution is -0.109. The molecule has 0 saturated heterocycles. The summed E-state index contributed by atoms with van der Waals surface area (Å²) in [6.07, 6.45) is 1.08. The number of carbonyl (C=O) groups excluding carboxylic acids is 1. The highest BCUT2D eigenvalue weighted by molar-refractivity contribution is 8.13. The van der Waals surface area contributed by atoms with E-state index in [2.05, 4.69) is 0 Å². The van der Waals surface area contributed by atoms with E-state index in [-0.39, 0.29) is 10.7 Å². The van der Waals surface area contributed by atoms with Gasteiger partial charge < -0.3 is 0 Å². The average molecular weight is 242 g/mol. The Kier molecular flexibility index (Phi) is 5.19. The first-order chi connectivity index (χ1) is 7.59. The van der Waals surface area contributed by atoms with Crippen LogP contribution in [-0.4, -0.2) is 10.9 Å². The molecule has 0 spiro atoms. The van der Waals surface area contributed by atoms with Crippen molar-refractivity contribution in [2.75, 3.05) is 5.75 Å². The fourth-order valence-corrected chi connectivity index (χ4v) is 1.58. The molecule has 1 rings (SSSR count). The molecule has 0 radical (unpaired) electrons. The normalized spacial score (nSPS) is 11.2. The third-order valence-corrected chi connectivity index (χ3v) is 2.62. The van der Waals surface area contributed by atoms with Gasteiger partial charge in [0.2, 0.25) is 0 Å². The minimum Gasteiger partial charge on any atom is -0.288 e. The monoisotopic (exact) mass is 242 g/mol. The van der Waals surface area contributed by atoms with E-state index in [9.17, 15) is 13.6 Å². The molecule has 0 bridgehead atoms. The van der Waals surface area contributed by atoms with Gasteiger partial charge in [-0.2, -0.15) is 0 Å². The average Bonchev–Trinajstić information content (AvgIpc) is 2.24. The second-order valence-electron chi connectivity index (χ2n) is 3.18.